The highest BCUT2D eigenvalue weighted by Crippen LogP contribution is 2.29. The highest BCUT2D eigenvalue weighted by Gasteiger charge is 2.17. The highest BCUT2D eigenvalue weighted by atomic mass is 35.5. The van der Waals surface area contributed by atoms with Crippen LogP contribution in [-0.2, 0) is 6.54 Å². The molecule has 0 atom stereocenters. The Hall–Kier alpha value is -3.20. The monoisotopic (exact) mass is 422 g/mol. The number of alkyl halides is 2. The summed E-state index contributed by atoms with van der Waals surface area (Å²) < 4.78 is 36.0. The molecule has 0 unspecified atom stereocenters. The van der Waals surface area contributed by atoms with Gasteiger partial charge in [0.2, 0.25) is 5.82 Å². The Bertz CT molecular complexity index is 1030. The van der Waals surface area contributed by atoms with Crippen LogP contribution in [0, 0.1) is 6.92 Å². The number of nitrogens with one attached hydrogen (secondary N) is 1. The molecule has 0 saturated heterocycles. The van der Waals surface area contributed by atoms with Gasteiger partial charge in [-0.05, 0) is 36.8 Å². The van der Waals surface area contributed by atoms with Crippen molar-refractivity contribution in [3.8, 4) is 17.2 Å². The molecule has 0 aliphatic rings. The second kappa shape index (κ2) is 8.87. The molecule has 7 nitrogen and oxygen atoms in total. The molecule has 3 aromatic rings. The summed E-state index contributed by atoms with van der Waals surface area (Å²) in [4.78, 5) is 16.6. The molecule has 0 spiro atoms. The summed E-state index contributed by atoms with van der Waals surface area (Å²) in [5, 5.41) is 7.32. The number of nitrogens with zero attached hydrogens (tertiary/aromatic N) is 3. The number of amides is 1. The Balaban J connectivity index is 1.73. The molecule has 3 rings (SSSR count). The minimum Gasteiger partial charge on any atom is -0.493 e. The Labute approximate surface area is 170 Å². The zero-order chi connectivity index (χ0) is 21.0. The zero-order valence-corrected chi connectivity index (χ0v) is 16.3. The quantitative estimate of drug-likeness (QED) is 0.627. The fraction of sp³-hybridized carbons (Fsp3) is 0.211. The van der Waals surface area contributed by atoms with Crippen LogP contribution in [0.5, 0.6) is 11.5 Å². The molecule has 0 aliphatic carbocycles. The first-order valence-electron chi connectivity index (χ1n) is 8.47. The van der Waals surface area contributed by atoms with Crippen molar-refractivity contribution in [1.82, 2.24) is 20.1 Å². The van der Waals surface area contributed by atoms with Crippen molar-refractivity contribution in [2.24, 2.45) is 0 Å². The smallest absolute Gasteiger partial charge is 0.387 e. The van der Waals surface area contributed by atoms with Gasteiger partial charge < -0.3 is 14.8 Å². The maximum absolute atomic E-state index is 12.5. The predicted octanol–water partition coefficient (Wildman–Crippen LogP) is 3.77. The molecule has 10 heteroatoms. The summed E-state index contributed by atoms with van der Waals surface area (Å²) in [5.74, 6) is -0.0336. The molecule has 0 aliphatic heterocycles. The van der Waals surface area contributed by atoms with Crippen LogP contribution in [0.15, 0.2) is 42.5 Å². The van der Waals surface area contributed by atoms with Crippen LogP contribution in [0.2, 0.25) is 5.02 Å². The number of halogens is 3. The molecular weight excluding hydrogens is 406 g/mol. The van der Waals surface area contributed by atoms with E-state index >= 15 is 0 Å². The maximum Gasteiger partial charge on any atom is 0.387 e. The number of rotatable bonds is 7. The fourth-order valence-corrected chi connectivity index (χ4v) is 2.83. The zero-order valence-electron chi connectivity index (χ0n) is 15.5. The van der Waals surface area contributed by atoms with Crippen LogP contribution in [0.1, 0.15) is 22.0 Å². The van der Waals surface area contributed by atoms with Crippen molar-refractivity contribution >= 4 is 17.5 Å². The minimum absolute atomic E-state index is 0.0417. The molecule has 1 N–H and O–H groups in total. The molecule has 1 amide bonds. The van der Waals surface area contributed by atoms with E-state index in [9.17, 15) is 13.6 Å². The standard InChI is InChI=1S/C19H17ClF2N4O3/c1-11-24-17(25-26(11)14-6-4-3-5-13(14)20)18(27)23-10-12-7-8-15(28-2)16(9-12)29-19(21)22/h3-9,19H,10H2,1-2H3,(H,23,27). The van der Waals surface area contributed by atoms with Crippen LogP contribution >= 0.6 is 11.6 Å². The number of aryl methyl sites for hydroxylation is 1. The minimum atomic E-state index is -2.99. The van der Waals surface area contributed by atoms with Gasteiger partial charge >= 0.3 is 6.61 Å². The van der Waals surface area contributed by atoms with Gasteiger partial charge in [0.1, 0.15) is 5.82 Å². The normalized spacial score (nSPS) is 10.8. The summed E-state index contributed by atoms with van der Waals surface area (Å²) in [7, 11) is 1.35. The van der Waals surface area contributed by atoms with E-state index in [-0.39, 0.29) is 23.9 Å². The molecule has 0 saturated carbocycles. The summed E-state index contributed by atoms with van der Waals surface area (Å²) in [5.41, 5.74) is 1.14. The van der Waals surface area contributed by atoms with E-state index in [1.165, 1.54) is 23.9 Å². The Morgan fingerprint density at radius 3 is 2.69 bits per heavy atom. The van der Waals surface area contributed by atoms with Gasteiger partial charge in [0.25, 0.3) is 5.91 Å². The largest absolute Gasteiger partial charge is 0.493 e. The maximum atomic E-state index is 12.5. The SMILES string of the molecule is COc1ccc(CNC(=O)c2nc(C)n(-c3ccccc3Cl)n2)cc1OC(F)F. The number of methoxy groups -OCH3 is 1. The number of benzene rings is 2. The first-order valence-corrected chi connectivity index (χ1v) is 8.85. The number of carbonyl (C=O) groups excluding carboxylic acids is 1. The van der Waals surface area contributed by atoms with E-state index in [1.807, 2.05) is 0 Å². The summed E-state index contributed by atoms with van der Waals surface area (Å²) >= 11 is 6.17. The van der Waals surface area contributed by atoms with E-state index in [0.29, 0.717) is 22.1 Å². The third kappa shape index (κ3) is 4.80. The van der Waals surface area contributed by atoms with Gasteiger partial charge in [0.05, 0.1) is 17.8 Å². The van der Waals surface area contributed by atoms with E-state index in [2.05, 4.69) is 20.1 Å². The number of hydrogen-bond acceptors (Lipinski definition) is 5. The lowest BCUT2D eigenvalue weighted by Crippen LogP contribution is -2.24. The number of carbonyl (C=O) groups is 1. The van der Waals surface area contributed by atoms with Crippen molar-refractivity contribution in [2.45, 2.75) is 20.1 Å². The number of hydrogen-bond donors (Lipinski definition) is 1. The van der Waals surface area contributed by atoms with E-state index in [0.717, 1.165) is 0 Å². The molecule has 0 fully saturated rings. The van der Waals surface area contributed by atoms with Crippen molar-refractivity contribution < 1.29 is 23.0 Å². The van der Waals surface area contributed by atoms with Gasteiger partial charge in [-0.3, -0.25) is 4.79 Å². The number of aromatic nitrogens is 3. The lowest BCUT2D eigenvalue weighted by atomic mass is 10.2. The summed E-state index contributed by atoms with van der Waals surface area (Å²) in [6.45, 7) is -1.23. The Morgan fingerprint density at radius 2 is 2.00 bits per heavy atom. The predicted molar refractivity (Wildman–Crippen MR) is 102 cm³/mol. The van der Waals surface area contributed by atoms with Gasteiger partial charge in [-0.1, -0.05) is 29.8 Å². The van der Waals surface area contributed by atoms with Gasteiger partial charge in [0.15, 0.2) is 11.5 Å². The number of ether oxygens (including phenoxy) is 2. The topological polar surface area (TPSA) is 78.3 Å². The molecule has 29 heavy (non-hydrogen) atoms. The number of para-hydroxylation sites is 1. The van der Waals surface area contributed by atoms with Gasteiger partial charge in [-0.15, -0.1) is 5.10 Å². The molecular formula is C19H17ClF2N4O3. The molecule has 2 aromatic carbocycles. The third-order valence-electron chi connectivity index (χ3n) is 3.95. The van der Waals surface area contributed by atoms with E-state index in [4.69, 9.17) is 16.3 Å². The van der Waals surface area contributed by atoms with Crippen LogP contribution < -0.4 is 14.8 Å². The Morgan fingerprint density at radius 1 is 1.24 bits per heavy atom. The molecule has 152 valence electrons. The van der Waals surface area contributed by atoms with Crippen LogP contribution in [0.3, 0.4) is 0 Å². The molecule has 0 bridgehead atoms. The van der Waals surface area contributed by atoms with Crippen LogP contribution in [-0.4, -0.2) is 34.4 Å². The van der Waals surface area contributed by atoms with Crippen LogP contribution in [0.4, 0.5) is 8.78 Å². The summed E-state index contributed by atoms with van der Waals surface area (Å²) in [6.07, 6.45) is 0. The lowest BCUT2D eigenvalue weighted by molar-refractivity contribution is -0.0512. The van der Waals surface area contributed by atoms with E-state index in [1.54, 1.807) is 37.3 Å². The second-order valence-electron chi connectivity index (χ2n) is 5.89. The van der Waals surface area contributed by atoms with Gasteiger partial charge in [0, 0.05) is 6.54 Å². The lowest BCUT2D eigenvalue weighted by Gasteiger charge is -2.11. The van der Waals surface area contributed by atoms with Crippen molar-refractivity contribution in [3.63, 3.8) is 0 Å². The first-order chi connectivity index (χ1) is 13.9. The average molecular weight is 423 g/mol. The highest BCUT2D eigenvalue weighted by molar-refractivity contribution is 6.32. The third-order valence-corrected chi connectivity index (χ3v) is 4.27. The van der Waals surface area contributed by atoms with E-state index < -0.39 is 12.5 Å². The van der Waals surface area contributed by atoms with Crippen molar-refractivity contribution in [1.29, 1.82) is 0 Å². The van der Waals surface area contributed by atoms with Crippen molar-refractivity contribution in [2.75, 3.05) is 7.11 Å². The average Bonchev–Trinajstić information content (AvgIpc) is 3.08. The summed E-state index contributed by atoms with van der Waals surface area (Å²) in [6, 6.07) is 11.5. The van der Waals surface area contributed by atoms with Crippen molar-refractivity contribution in [3.05, 3.63) is 64.7 Å². The first kappa shape index (κ1) is 20.5. The van der Waals surface area contributed by atoms with Gasteiger partial charge in [-0.25, -0.2) is 9.67 Å². The fourth-order valence-electron chi connectivity index (χ4n) is 2.62. The second-order valence-corrected chi connectivity index (χ2v) is 6.30. The molecule has 1 aromatic heterocycles. The molecule has 0 radical (unpaired) electrons. The van der Waals surface area contributed by atoms with Gasteiger partial charge in [-0.2, -0.15) is 8.78 Å². The Kier molecular flexibility index (Phi) is 6.28. The van der Waals surface area contributed by atoms with Crippen LogP contribution in [0.25, 0.3) is 5.69 Å². The molecule has 1 heterocycles.